The molecule has 1 atom stereocenters. The number of guanidine groups is 1. The number of aliphatic imine (C=N–C) groups is 1. The lowest BCUT2D eigenvalue weighted by Gasteiger charge is -2.24. The van der Waals surface area contributed by atoms with E-state index in [1.165, 1.54) is 25.0 Å². The minimum absolute atomic E-state index is 0.398. The predicted octanol–water partition coefficient (Wildman–Crippen LogP) is 2.48. The summed E-state index contributed by atoms with van der Waals surface area (Å²) in [6.07, 6.45) is 3.85. The maximum absolute atomic E-state index is 4.26. The second kappa shape index (κ2) is 7.14. The van der Waals surface area contributed by atoms with Gasteiger partial charge in [-0.05, 0) is 37.9 Å². The van der Waals surface area contributed by atoms with Gasteiger partial charge in [-0.2, -0.15) is 11.8 Å². The van der Waals surface area contributed by atoms with Crippen molar-refractivity contribution in [3.63, 3.8) is 0 Å². The second-order valence-electron chi connectivity index (χ2n) is 5.44. The molecule has 0 radical (unpaired) electrons. The Morgan fingerprint density at radius 2 is 2.18 bits per heavy atom. The fraction of sp³-hybridized carbons (Fsp3) is 0.923. The lowest BCUT2D eigenvalue weighted by Crippen LogP contribution is -2.44. The predicted molar refractivity (Wildman–Crippen MR) is 78.9 cm³/mol. The molecule has 0 aromatic heterocycles. The monoisotopic (exact) mass is 257 g/mol. The normalized spacial score (nSPS) is 25.4. The highest BCUT2D eigenvalue weighted by atomic mass is 32.2. The quantitative estimate of drug-likeness (QED) is 0.587. The molecule has 3 nitrogen and oxygen atoms in total. The van der Waals surface area contributed by atoms with Crippen molar-refractivity contribution >= 4 is 17.7 Å². The van der Waals surface area contributed by atoms with Crippen LogP contribution >= 0.6 is 11.8 Å². The maximum Gasteiger partial charge on any atom is 0.191 e. The van der Waals surface area contributed by atoms with Crippen LogP contribution in [-0.2, 0) is 0 Å². The molecule has 0 saturated carbocycles. The number of nitrogens with zero attached hydrogens (tertiary/aromatic N) is 1. The molecular formula is C13H27N3S. The number of rotatable bonds is 5. The van der Waals surface area contributed by atoms with Gasteiger partial charge < -0.3 is 10.6 Å². The van der Waals surface area contributed by atoms with Crippen molar-refractivity contribution in [3.8, 4) is 0 Å². The third-order valence-corrected chi connectivity index (χ3v) is 4.71. The zero-order chi connectivity index (χ0) is 12.7. The van der Waals surface area contributed by atoms with Gasteiger partial charge in [0.2, 0.25) is 0 Å². The highest BCUT2D eigenvalue weighted by Gasteiger charge is 2.29. The number of hydrogen-bond donors (Lipinski definition) is 2. The Bertz CT molecular complexity index is 245. The average Bonchev–Trinajstić information content (AvgIpc) is 2.70. The molecule has 1 rings (SSSR count). The molecule has 1 aliphatic rings. The number of hydrogen-bond acceptors (Lipinski definition) is 2. The Labute approximate surface area is 110 Å². The Morgan fingerprint density at radius 1 is 1.41 bits per heavy atom. The van der Waals surface area contributed by atoms with Crippen LogP contribution in [0.25, 0.3) is 0 Å². The van der Waals surface area contributed by atoms with Crippen LogP contribution in [0, 0.1) is 5.92 Å². The van der Waals surface area contributed by atoms with Crippen molar-refractivity contribution in [2.75, 3.05) is 25.9 Å². The molecule has 0 aliphatic carbocycles. The zero-order valence-electron chi connectivity index (χ0n) is 11.7. The molecule has 1 unspecified atom stereocenters. The molecule has 0 aromatic rings. The van der Waals surface area contributed by atoms with E-state index in [0.29, 0.717) is 4.75 Å². The van der Waals surface area contributed by atoms with Crippen LogP contribution in [0.3, 0.4) is 0 Å². The highest BCUT2D eigenvalue weighted by Crippen LogP contribution is 2.36. The largest absolute Gasteiger partial charge is 0.356 e. The molecule has 4 heteroatoms. The van der Waals surface area contributed by atoms with Crippen molar-refractivity contribution in [2.45, 2.75) is 44.8 Å². The summed E-state index contributed by atoms with van der Waals surface area (Å²) in [5.41, 5.74) is 0. The Balaban J connectivity index is 2.23. The number of thioether (sulfide) groups is 1. The minimum Gasteiger partial charge on any atom is -0.356 e. The molecule has 0 aromatic carbocycles. The second-order valence-corrected chi connectivity index (χ2v) is 7.12. The van der Waals surface area contributed by atoms with Crippen molar-refractivity contribution in [1.29, 1.82) is 0 Å². The van der Waals surface area contributed by atoms with Crippen LogP contribution in [0.4, 0.5) is 0 Å². The first-order valence-electron chi connectivity index (χ1n) is 6.64. The molecule has 0 spiro atoms. The zero-order valence-corrected chi connectivity index (χ0v) is 12.5. The van der Waals surface area contributed by atoms with Gasteiger partial charge in [-0.25, -0.2) is 0 Å². The molecule has 1 aliphatic heterocycles. The molecule has 1 heterocycles. The third-order valence-electron chi connectivity index (χ3n) is 3.17. The van der Waals surface area contributed by atoms with E-state index in [1.807, 2.05) is 7.05 Å². The lowest BCUT2D eigenvalue weighted by molar-refractivity contribution is 0.561. The summed E-state index contributed by atoms with van der Waals surface area (Å²) in [5.74, 6) is 2.99. The van der Waals surface area contributed by atoms with Gasteiger partial charge in [0.1, 0.15) is 0 Å². The molecule has 0 amide bonds. The van der Waals surface area contributed by atoms with Gasteiger partial charge in [-0.3, -0.25) is 4.99 Å². The Hall–Kier alpha value is -0.380. The van der Waals surface area contributed by atoms with E-state index in [0.717, 1.165) is 25.0 Å². The van der Waals surface area contributed by atoms with E-state index < -0.39 is 0 Å². The molecule has 1 fully saturated rings. The van der Waals surface area contributed by atoms with Crippen molar-refractivity contribution < 1.29 is 0 Å². The van der Waals surface area contributed by atoms with Crippen LogP contribution in [0.2, 0.25) is 0 Å². The molecule has 17 heavy (non-hydrogen) atoms. The standard InChI is InChI=1S/C13H27N3S/c1-11(2)6-8-15-12(14-4)16-10-13(3)7-5-9-17-13/h11H,5-10H2,1-4H3,(H2,14,15,16). The fourth-order valence-electron chi connectivity index (χ4n) is 1.95. The van der Waals surface area contributed by atoms with Gasteiger partial charge >= 0.3 is 0 Å². The van der Waals surface area contributed by atoms with Crippen LogP contribution in [0.15, 0.2) is 4.99 Å². The van der Waals surface area contributed by atoms with Gasteiger partial charge in [0.15, 0.2) is 5.96 Å². The molecule has 1 saturated heterocycles. The van der Waals surface area contributed by atoms with Crippen molar-refractivity contribution in [1.82, 2.24) is 10.6 Å². The first-order chi connectivity index (χ1) is 8.06. The van der Waals surface area contributed by atoms with Crippen LogP contribution in [0.5, 0.6) is 0 Å². The van der Waals surface area contributed by atoms with E-state index in [-0.39, 0.29) is 0 Å². The van der Waals surface area contributed by atoms with Crippen molar-refractivity contribution in [2.24, 2.45) is 10.9 Å². The molecule has 100 valence electrons. The first-order valence-corrected chi connectivity index (χ1v) is 7.63. The van der Waals surface area contributed by atoms with Gasteiger partial charge in [-0.1, -0.05) is 13.8 Å². The molecule has 2 N–H and O–H groups in total. The topological polar surface area (TPSA) is 36.4 Å². The third kappa shape index (κ3) is 5.66. The summed E-state index contributed by atoms with van der Waals surface area (Å²) in [7, 11) is 1.84. The Kier molecular flexibility index (Phi) is 6.17. The first kappa shape index (κ1) is 14.7. The van der Waals surface area contributed by atoms with E-state index in [4.69, 9.17) is 0 Å². The van der Waals surface area contributed by atoms with Gasteiger partial charge in [0.25, 0.3) is 0 Å². The highest BCUT2D eigenvalue weighted by molar-refractivity contribution is 8.00. The van der Waals surface area contributed by atoms with Gasteiger partial charge in [-0.15, -0.1) is 0 Å². The summed E-state index contributed by atoms with van der Waals surface area (Å²) < 4.78 is 0.398. The lowest BCUT2D eigenvalue weighted by atomic mass is 10.1. The van der Waals surface area contributed by atoms with E-state index in [1.54, 1.807) is 0 Å². The summed E-state index contributed by atoms with van der Waals surface area (Å²) in [4.78, 5) is 4.26. The summed E-state index contributed by atoms with van der Waals surface area (Å²) in [6, 6.07) is 0. The SMILES string of the molecule is CN=C(NCCC(C)C)NCC1(C)CCCS1. The van der Waals surface area contributed by atoms with Gasteiger partial charge in [0.05, 0.1) is 0 Å². The average molecular weight is 257 g/mol. The summed E-state index contributed by atoms with van der Waals surface area (Å²) in [6.45, 7) is 8.85. The van der Waals surface area contributed by atoms with Crippen LogP contribution in [-0.4, -0.2) is 36.6 Å². The van der Waals surface area contributed by atoms with E-state index >= 15 is 0 Å². The van der Waals surface area contributed by atoms with E-state index in [9.17, 15) is 0 Å². The molecular weight excluding hydrogens is 230 g/mol. The maximum atomic E-state index is 4.26. The number of nitrogens with one attached hydrogen (secondary N) is 2. The van der Waals surface area contributed by atoms with Gasteiger partial charge in [0, 0.05) is 24.9 Å². The van der Waals surface area contributed by atoms with Crippen LogP contribution < -0.4 is 10.6 Å². The minimum atomic E-state index is 0.398. The Morgan fingerprint density at radius 3 is 2.71 bits per heavy atom. The summed E-state index contributed by atoms with van der Waals surface area (Å²) in [5, 5.41) is 6.82. The smallest absolute Gasteiger partial charge is 0.191 e. The van der Waals surface area contributed by atoms with Crippen molar-refractivity contribution in [3.05, 3.63) is 0 Å². The van der Waals surface area contributed by atoms with E-state index in [2.05, 4.69) is 48.2 Å². The van der Waals surface area contributed by atoms with Crippen LogP contribution in [0.1, 0.15) is 40.0 Å². The molecule has 0 bridgehead atoms. The summed E-state index contributed by atoms with van der Waals surface area (Å²) >= 11 is 2.08. The fourth-order valence-corrected chi connectivity index (χ4v) is 3.19.